The van der Waals surface area contributed by atoms with Crippen molar-refractivity contribution < 1.29 is 0 Å². The van der Waals surface area contributed by atoms with Crippen LogP contribution in [0.3, 0.4) is 0 Å². The highest BCUT2D eigenvalue weighted by molar-refractivity contribution is 5.57. The van der Waals surface area contributed by atoms with Crippen LogP contribution in [0.25, 0.3) is 0 Å². The van der Waals surface area contributed by atoms with Crippen molar-refractivity contribution in [2.75, 3.05) is 18.0 Å². The Morgan fingerprint density at radius 1 is 1.35 bits per heavy atom. The van der Waals surface area contributed by atoms with E-state index in [1.54, 1.807) is 18.5 Å². The van der Waals surface area contributed by atoms with Crippen LogP contribution in [0.4, 0.5) is 5.69 Å². The van der Waals surface area contributed by atoms with E-state index in [0.29, 0.717) is 11.5 Å². The molecule has 0 radical (unpaired) electrons. The normalized spacial score (nSPS) is 10.3. The van der Waals surface area contributed by atoms with Crippen LogP contribution in [0.2, 0.25) is 0 Å². The van der Waals surface area contributed by atoms with E-state index in [4.69, 9.17) is 5.26 Å². The second-order valence-corrected chi connectivity index (χ2v) is 4.23. The first-order chi connectivity index (χ1) is 8.26. The third-order valence-corrected chi connectivity index (χ3v) is 3.28. The zero-order chi connectivity index (χ0) is 12.7. The van der Waals surface area contributed by atoms with Gasteiger partial charge in [-0.2, -0.15) is 5.26 Å². The lowest BCUT2D eigenvalue weighted by molar-refractivity contribution is 0.486. The number of nitriles is 1. The molecule has 0 aliphatic heterocycles. The van der Waals surface area contributed by atoms with Gasteiger partial charge in [0.25, 0.3) is 0 Å². The van der Waals surface area contributed by atoms with Crippen molar-refractivity contribution in [3.63, 3.8) is 0 Å². The predicted octanol–water partition coefficient (Wildman–Crippen LogP) is 3.22. The largest absolute Gasteiger partial charge is 0.369 e. The highest BCUT2D eigenvalue weighted by atomic mass is 15.1. The minimum absolute atomic E-state index is 0.682. The van der Waals surface area contributed by atoms with Gasteiger partial charge in [0.2, 0.25) is 0 Å². The fourth-order valence-electron chi connectivity index (χ4n) is 1.99. The van der Waals surface area contributed by atoms with Crippen molar-refractivity contribution in [3.8, 4) is 6.07 Å². The average Bonchev–Trinajstić information content (AvgIpc) is 2.40. The molecule has 0 aromatic carbocycles. The van der Waals surface area contributed by atoms with E-state index in [1.807, 2.05) is 0 Å². The van der Waals surface area contributed by atoms with Crippen molar-refractivity contribution in [3.05, 3.63) is 24.0 Å². The van der Waals surface area contributed by atoms with Gasteiger partial charge >= 0.3 is 0 Å². The third kappa shape index (κ3) is 3.45. The molecule has 92 valence electrons. The first-order valence-electron chi connectivity index (χ1n) is 6.35. The van der Waals surface area contributed by atoms with Crippen LogP contribution in [0.5, 0.6) is 0 Å². The molecule has 1 aromatic rings. The quantitative estimate of drug-likeness (QED) is 0.754. The Morgan fingerprint density at radius 3 is 2.59 bits per heavy atom. The molecule has 0 bridgehead atoms. The Labute approximate surface area is 104 Å². The maximum Gasteiger partial charge on any atom is 0.101 e. The molecule has 1 rings (SSSR count). The SMILES string of the molecule is CCC(CC)CN(CC)c1cnccc1C#N. The highest BCUT2D eigenvalue weighted by Gasteiger charge is 2.13. The molecule has 0 unspecified atom stereocenters. The lowest BCUT2D eigenvalue weighted by atomic mass is 10.0. The molecule has 1 aromatic heterocycles. The predicted molar refractivity (Wildman–Crippen MR) is 70.9 cm³/mol. The van der Waals surface area contributed by atoms with E-state index in [-0.39, 0.29) is 0 Å². The number of pyridine rings is 1. The van der Waals surface area contributed by atoms with Gasteiger partial charge < -0.3 is 4.90 Å². The molecule has 0 fully saturated rings. The maximum atomic E-state index is 9.11. The van der Waals surface area contributed by atoms with Gasteiger partial charge in [-0.3, -0.25) is 4.98 Å². The Balaban J connectivity index is 2.90. The number of rotatable bonds is 6. The lowest BCUT2D eigenvalue weighted by Gasteiger charge is -2.27. The summed E-state index contributed by atoms with van der Waals surface area (Å²) in [5.74, 6) is 0.682. The van der Waals surface area contributed by atoms with Gasteiger partial charge in [0.1, 0.15) is 6.07 Å². The van der Waals surface area contributed by atoms with Gasteiger partial charge in [-0.05, 0) is 18.9 Å². The van der Waals surface area contributed by atoms with Crippen LogP contribution < -0.4 is 4.90 Å². The van der Waals surface area contributed by atoms with Gasteiger partial charge in [0.15, 0.2) is 0 Å². The molecule has 0 N–H and O–H groups in total. The fraction of sp³-hybridized carbons (Fsp3) is 0.571. The average molecular weight is 231 g/mol. The van der Waals surface area contributed by atoms with Crippen molar-refractivity contribution in [1.82, 2.24) is 4.98 Å². The van der Waals surface area contributed by atoms with E-state index in [0.717, 1.165) is 18.8 Å². The molecule has 0 spiro atoms. The fourth-order valence-corrected chi connectivity index (χ4v) is 1.99. The van der Waals surface area contributed by atoms with Crippen molar-refractivity contribution in [2.45, 2.75) is 33.6 Å². The van der Waals surface area contributed by atoms with Gasteiger partial charge in [0, 0.05) is 19.3 Å². The van der Waals surface area contributed by atoms with E-state index < -0.39 is 0 Å². The Bertz CT molecular complexity index is 377. The lowest BCUT2D eigenvalue weighted by Crippen LogP contribution is -2.29. The molecule has 3 heteroatoms. The minimum atomic E-state index is 0.682. The minimum Gasteiger partial charge on any atom is -0.369 e. The summed E-state index contributed by atoms with van der Waals surface area (Å²) in [6, 6.07) is 4.02. The first kappa shape index (κ1) is 13.5. The highest BCUT2D eigenvalue weighted by Crippen LogP contribution is 2.21. The number of nitrogens with zero attached hydrogens (tertiary/aromatic N) is 3. The summed E-state index contributed by atoms with van der Waals surface area (Å²) in [6.45, 7) is 8.48. The smallest absolute Gasteiger partial charge is 0.101 e. The van der Waals surface area contributed by atoms with Crippen LogP contribution in [-0.4, -0.2) is 18.1 Å². The van der Waals surface area contributed by atoms with Crippen LogP contribution in [0.1, 0.15) is 39.2 Å². The molecular formula is C14H21N3. The number of hydrogen-bond acceptors (Lipinski definition) is 3. The summed E-state index contributed by atoms with van der Waals surface area (Å²) in [6.07, 6.45) is 5.82. The summed E-state index contributed by atoms with van der Waals surface area (Å²) < 4.78 is 0. The zero-order valence-corrected chi connectivity index (χ0v) is 11.0. The van der Waals surface area contributed by atoms with Gasteiger partial charge in [-0.25, -0.2) is 0 Å². The number of hydrogen-bond donors (Lipinski definition) is 0. The maximum absolute atomic E-state index is 9.11. The van der Waals surface area contributed by atoms with E-state index >= 15 is 0 Å². The van der Waals surface area contributed by atoms with E-state index in [9.17, 15) is 0 Å². The molecule has 0 saturated carbocycles. The zero-order valence-electron chi connectivity index (χ0n) is 11.0. The van der Waals surface area contributed by atoms with Crippen LogP contribution >= 0.6 is 0 Å². The standard InChI is InChI=1S/C14H21N3/c1-4-12(5-2)11-17(6-3)14-10-16-8-7-13(14)9-15/h7-8,10,12H,4-6,11H2,1-3H3. The van der Waals surface area contributed by atoms with Crippen LogP contribution in [0.15, 0.2) is 18.5 Å². The molecule has 0 aliphatic carbocycles. The molecule has 0 atom stereocenters. The Kier molecular flexibility index (Phi) is 5.48. The van der Waals surface area contributed by atoms with Gasteiger partial charge in [-0.1, -0.05) is 26.7 Å². The molecule has 17 heavy (non-hydrogen) atoms. The summed E-state index contributed by atoms with van der Waals surface area (Å²) in [7, 11) is 0. The van der Waals surface area contributed by atoms with Gasteiger partial charge in [0.05, 0.1) is 17.4 Å². The summed E-state index contributed by atoms with van der Waals surface area (Å²) in [5, 5.41) is 9.11. The number of anilines is 1. The molecule has 3 nitrogen and oxygen atoms in total. The van der Waals surface area contributed by atoms with Crippen molar-refractivity contribution in [1.29, 1.82) is 5.26 Å². The molecular weight excluding hydrogens is 210 g/mol. The molecule has 0 aliphatic rings. The second kappa shape index (κ2) is 6.90. The molecule has 0 amide bonds. The second-order valence-electron chi connectivity index (χ2n) is 4.23. The summed E-state index contributed by atoms with van der Waals surface area (Å²) >= 11 is 0. The Hall–Kier alpha value is -1.56. The van der Waals surface area contributed by atoms with E-state index in [2.05, 4.69) is 36.7 Å². The molecule has 0 saturated heterocycles. The topological polar surface area (TPSA) is 39.9 Å². The number of aromatic nitrogens is 1. The first-order valence-corrected chi connectivity index (χ1v) is 6.35. The third-order valence-electron chi connectivity index (χ3n) is 3.28. The summed E-state index contributed by atoms with van der Waals surface area (Å²) in [4.78, 5) is 6.38. The van der Waals surface area contributed by atoms with Crippen LogP contribution in [0, 0.1) is 17.2 Å². The van der Waals surface area contributed by atoms with Crippen molar-refractivity contribution in [2.24, 2.45) is 5.92 Å². The van der Waals surface area contributed by atoms with Gasteiger partial charge in [-0.15, -0.1) is 0 Å². The Morgan fingerprint density at radius 2 is 2.06 bits per heavy atom. The molecule has 1 heterocycles. The van der Waals surface area contributed by atoms with Crippen molar-refractivity contribution >= 4 is 5.69 Å². The monoisotopic (exact) mass is 231 g/mol. The van der Waals surface area contributed by atoms with Crippen LogP contribution in [-0.2, 0) is 0 Å². The summed E-state index contributed by atoms with van der Waals surface area (Å²) in [5.41, 5.74) is 1.68. The van der Waals surface area contributed by atoms with E-state index in [1.165, 1.54) is 12.8 Å².